The number of piperazine rings is 1. The van der Waals surface area contributed by atoms with Gasteiger partial charge in [-0.25, -0.2) is 14.5 Å². The monoisotopic (exact) mass is 407 g/mol. The second-order valence-electron chi connectivity index (χ2n) is 7.92. The maximum Gasteiger partial charge on any atom is 0.408 e. The molecule has 1 aliphatic rings. The van der Waals surface area contributed by atoms with Gasteiger partial charge in [-0.05, 0) is 39.8 Å². The molecule has 3 rings (SSSR count). The van der Waals surface area contributed by atoms with Crippen molar-refractivity contribution in [1.29, 1.82) is 0 Å². The molecule has 0 bridgehead atoms. The summed E-state index contributed by atoms with van der Waals surface area (Å²) >= 11 is 6.30. The molecular formula is C19H26ClN5O3. The molecule has 0 aliphatic carbocycles. The molecule has 0 spiro atoms. The molecule has 2 aromatic rings. The summed E-state index contributed by atoms with van der Waals surface area (Å²) in [4.78, 5) is 31.5. The highest BCUT2D eigenvalue weighted by Crippen LogP contribution is 2.28. The molecule has 2 heterocycles. The largest absolute Gasteiger partial charge is 0.465 e. The van der Waals surface area contributed by atoms with Gasteiger partial charge in [-0.1, -0.05) is 17.7 Å². The van der Waals surface area contributed by atoms with Gasteiger partial charge in [-0.3, -0.25) is 9.69 Å². The van der Waals surface area contributed by atoms with Crippen LogP contribution < -0.4 is 15.9 Å². The van der Waals surface area contributed by atoms with E-state index in [1.165, 1.54) is 9.58 Å². The predicted octanol–water partition coefficient (Wildman–Crippen LogP) is 2.43. The summed E-state index contributed by atoms with van der Waals surface area (Å²) in [5, 5.41) is 15.7. The first kappa shape index (κ1) is 20.4. The molecule has 9 heteroatoms. The molecule has 1 aromatic carbocycles. The van der Waals surface area contributed by atoms with E-state index in [1.807, 2.05) is 25.8 Å². The van der Waals surface area contributed by atoms with Crippen molar-refractivity contribution in [3.05, 3.63) is 39.4 Å². The molecule has 0 unspecified atom stereocenters. The molecule has 1 saturated heterocycles. The van der Waals surface area contributed by atoms with E-state index in [1.54, 1.807) is 25.1 Å². The van der Waals surface area contributed by atoms with Crippen molar-refractivity contribution in [2.24, 2.45) is 0 Å². The van der Waals surface area contributed by atoms with Crippen LogP contribution >= 0.6 is 11.6 Å². The van der Waals surface area contributed by atoms with Crippen LogP contribution in [0.3, 0.4) is 0 Å². The molecule has 152 valence electrons. The highest BCUT2D eigenvalue weighted by atomic mass is 35.5. The smallest absolute Gasteiger partial charge is 0.408 e. The van der Waals surface area contributed by atoms with E-state index in [4.69, 9.17) is 16.6 Å². The number of benzene rings is 1. The molecule has 1 aliphatic heterocycles. The molecule has 1 amide bonds. The quantitative estimate of drug-likeness (QED) is 0.812. The fourth-order valence-corrected chi connectivity index (χ4v) is 3.99. The van der Waals surface area contributed by atoms with Crippen LogP contribution in [0.15, 0.2) is 23.0 Å². The van der Waals surface area contributed by atoms with Gasteiger partial charge in [-0.15, -0.1) is 0 Å². The summed E-state index contributed by atoms with van der Waals surface area (Å²) in [6.45, 7) is 9.90. The van der Waals surface area contributed by atoms with Gasteiger partial charge in [-0.2, -0.15) is 0 Å². The van der Waals surface area contributed by atoms with Crippen LogP contribution in [0.5, 0.6) is 0 Å². The third-order valence-electron chi connectivity index (χ3n) is 4.92. The zero-order valence-corrected chi connectivity index (χ0v) is 17.3. The average molecular weight is 408 g/mol. The maximum absolute atomic E-state index is 13.4. The van der Waals surface area contributed by atoms with E-state index in [2.05, 4.69) is 5.32 Å². The summed E-state index contributed by atoms with van der Waals surface area (Å²) in [6.07, 6.45) is -1.06. The fraction of sp³-hybridized carbons (Fsp3) is 0.526. The first-order valence-electron chi connectivity index (χ1n) is 9.32. The van der Waals surface area contributed by atoms with Crippen LogP contribution in [0, 0.1) is 0 Å². The molecule has 0 saturated carbocycles. The van der Waals surface area contributed by atoms with Crippen LogP contribution in [-0.4, -0.2) is 57.5 Å². The number of hydrogen-bond acceptors (Lipinski definition) is 5. The Morgan fingerprint density at radius 2 is 1.96 bits per heavy atom. The zero-order valence-electron chi connectivity index (χ0n) is 16.6. The maximum atomic E-state index is 13.4. The highest BCUT2D eigenvalue weighted by molar-refractivity contribution is 6.35. The number of amides is 1. The Morgan fingerprint density at radius 1 is 1.32 bits per heavy atom. The molecule has 1 fully saturated rings. The van der Waals surface area contributed by atoms with Gasteiger partial charge in [0.1, 0.15) is 0 Å². The number of rotatable bonds is 3. The third kappa shape index (κ3) is 3.66. The average Bonchev–Trinajstić information content (AvgIpc) is 2.60. The molecule has 1 aromatic heterocycles. The standard InChI is InChI=1S/C19H26ClN5O3/c1-12(24(18(27)28)19(2,3)4)16-22-14-7-5-6-13(20)15(14)17(26)25(16)23-10-8-21-9-11-23/h5-7,12,21H,8-11H2,1-4H3,(H,27,28)/t12-/m0/s1. The third-order valence-corrected chi connectivity index (χ3v) is 5.23. The first-order chi connectivity index (χ1) is 13.1. The Kier molecular flexibility index (Phi) is 5.54. The van der Waals surface area contributed by atoms with Crippen molar-refractivity contribution in [2.75, 3.05) is 31.2 Å². The van der Waals surface area contributed by atoms with Gasteiger partial charge in [0.2, 0.25) is 0 Å². The van der Waals surface area contributed by atoms with E-state index < -0.39 is 17.7 Å². The SMILES string of the molecule is C[C@@H](c1nc2cccc(Cl)c2c(=O)n1N1CCNCC1)N(C(=O)O)C(C)(C)C. The molecule has 28 heavy (non-hydrogen) atoms. The van der Waals surface area contributed by atoms with Gasteiger partial charge >= 0.3 is 6.09 Å². The lowest BCUT2D eigenvalue weighted by Gasteiger charge is -2.40. The Morgan fingerprint density at radius 3 is 2.54 bits per heavy atom. The second-order valence-corrected chi connectivity index (χ2v) is 8.33. The molecule has 8 nitrogen and oxygen atoms in total. The number of nitrogens with zero attached hydrogens (tertiary/aromatic N) is 4. The lowest BCUT2D eigenvalue weighted by atomic mass is 10.0. The normalized spacial score (nSPS) is 16.2. The lowest BCUT2D eigenvalue weighted by molar-refractivity contribution is 0.0709. The minimum Gasteiger partial charge on any atom is -0.465 e. The number of carboxylic acid groups (broad SMARTS) is 1. The van der Waals surface area contributed by atoms with Gasteiger partial charge in [0, 0.05) is 31.7 Å². The summed E-state index contributed by atoms with van der Waals surface area (Å²) in [6, 6.07) is 4.49. The van der Waals surface area contributed by atoms with Gasteiger partial charge in [0.15, 0.2) is 5.82 Å². The summed E-state index contributed by atoms with van der Waals surface area (Å²) in [5.41, 5.74) is -0.482. The van der Waals surface area contributed by atoms with Crippen LogP contribution in [0.1, 0.15) is 39.6 Å². The van der Waals surface area contributed by atoms with Crippen molar-refractivity contribution in [1.82, 2.24) is 19.9 Å². The number of carbonyl (C=O) groups is 1. The molecule has 0 radical (unpaired) electrons. The van der Waals surface area contributed by atoms with Crippen molar-refractivity contribution < 1.29 is 9.90 Å². The van der Waals surface area contributed by atoms with E-state index >= 15 is 0 Å². The number of nitrogens with one attached hydrogen (secondary N) is 1. The second kappa shape index (κ2) is 7.60. The van der Waals surface area contributed by atoms with E-state index in [-0.39, 0.29) is 5.56 Å². The Labute approximate surface area is 168 Å². The first-order valence-corrected chi connectivity index (χ1v) is 9.70. The van der Waals surface area contributed by atoms with Crippen molar-refractivity contribution >= 4 is 28.6 Å². The van der Waals surface area contributed by atoms with Crippen molar-refractivity contribution in [2.45, 2.75) is 39.3 Å². The number of aromatic nitrogens is 2. The van der Waals surface area contributed by atoms with Crippen molar-refractivity contribution in [3.63, 3.8) is 0 Å². The topological polar surface area (TPSA) is 90.7 Å². The Hall–Kier alpha value is -2.32. The Bertz CT molecular complexity index is 947. The molecule has 1 atom stereocenters. The highest BCUT2D eigenvalue weighted by Gasteiger charge is 2.35. The van der Waals surface area contributed by atoms with Crippen LogP contribution in [-0.2, 0) is 0 Å². The minimum absolute atomic E-state index is 0.279. The summed E-state index contributed by atoms with van der Waals surface area (Å²) < 4.78 is 1.52. The number of fused-ring (bicyclic) bond motifs is 1. The number of halogens is 1. The molecule has 2 N–H and O–H groups in total. The zero-order chi connectivity index (χ0) is 20.6. The van der Waals surface area contributed by atoms with Gasteiger partial charge in [0.05, 0.1) is 22.0 Å². The van der Waals surface area contributed by atoms with E-state index in [0.29, 0.717) is 34.8 Å². The summed E-state index contributed by atoms with van der Waals surface area (Å²) in [7, 11) is 0. The summed E-state index contributed by atoms with van der Waals surface area (Å²) in [5.74, 6) is 0.388. The van der Waals surface area contributed by atoms with Crippen molar-refractivity contribution in [3.8, 4) is 0 Å². The molecular weight excluding hydrogens is 382 g/mol. The predicted molar refractivity (Wildman–Crippen MR) is 110 cm³/mol. The lowest BCUT2D eigenvalue weighted by Crippen LogP contribution is -2.55. The van der Waals surface area contributed by atoms with Gasteiger partial charge < -0.3 is 15.4 Å². The fourth-order valence-electron chi connectivity index (χ4n) is 3.74. The Balaban J connectivity index is 2.28. The van der Waals surface area contributed by atoms with Gasteiger partial charge in [0.25, 0.3) is 5.56 Å². The van der Waals surface area contributed by atoms with Crippen LogP contribution in [0.4, 0.5) is 4.79 Å². The van der Waals surface area contributed by atoms with E-state index in [9.17, 15) is 14.7 Å². The van der Waals surface area contributed by atoms with Crippen LogP contribution in [0.25, 0.3) is 10.9 Å². The van der Waals surface area contributed by atoms with E-state index in [0.717, 1.165) is 13.1 Å². The van der Waals surface area contributed by atoms with Crippen LogP contribution in [0.2, 0.25) is 5.02 Å². The number of hydrogen-bond donors (Lipinski definition) is 2. The minimum atomic E-state index is -1.06.